The SMILES string of the molecule is Cc1ccc(Cl)cc1OCc1cc(N)cc2c1OCOC2. The number of aryl methyl sites for hydroxylation is 1. The van der Waals surface area contributed by atoms with E-state index in [0.29, 0.717) is 23.9 Å². The summed E-state index contributed by atoms with van der Waals surface area (Å²) in [6.45, 7) is 3.10. The van der Waals surface area contributed by atoms with Crippen molar-refractivity contribution in [2.24, 2.45) is 0 Å². The highest BCUT2D eigenvalue weighted by Gasteiger charge is 2.16. The van der Waals surface area contributed by atoms with Gasteiger partial charge < -0.3 is 19.9 Å². The minimum Gasteiger partial charge on any atom is -0.488 e. The second kappa shape index (κ2) is 5.84. The van der Waals surface area contributed by atoms with E-state index in [1.54, 1.807) is 6.07 Å². The highest BCUT2D eigenvalue weighted by atomic mass is 35.5. The molecule has 110 valence electrons. The number of rotatable bonds is 3. The average Bonchev–Trinajstić information content (AvgIpc) is 2.47. The first-order valence-corrected chi connectivity index (χ1v) is 7.02. The number of nitrogen functional groups attached to an aromatic ring is 1. The van der Waals surface area contributed by atoms with Crippen molar-refractivity contribution < 1.29 is 14.2 Å². The van der Waals surface area contributed by atoms with Gasteiger partial charge in [0.05, 0.1) is 6.61 Å². The fourth-order valence-corrected chi connectivity index (χ4v) is 2.48. The van der Waals surface area contributed by atoms with Gasteiger partial charge in [0.25, 0.3) is 0 Å². The van der Waals surface area contributed by atoms with Crippen LogP contribution in [0.25, 0.3) is 0 Å². The molecule has 1 aliphatic rings. The number of hydrogen-bond donors (Lipinski definition) is 1. The topological polar surface area (TPSA) is 53.7 Å². The van der Waals surface area contributed by atoms with E-state index in [2.05, 4.69) is 0 Å². The molecule has 0 radical (unpaired) electrons. The summed E-state index contributed by atoms with van der Waals surface area (Å²) < 4.78 is 16.7. The van der Waals surface area contributed by atoms with Crippen molar-refractivity contribution in [2.45, 2.75) is 20.1 Å². The number of nitrogens with two attached hydrogens (primary N) is 1. The Labute approximate surface area is 128 Å². The molecule has 21 heavy (non-hydrogen) atoms. The lowest BCUT2D eigenvalue weighted by atomic mass is 10.1. The van der Waals surface area contributed by atoms with Gasteiger partial charge in [-0.1, -0.05) is 17.7 Å². The van der Waals surface area contributed by atoms with Gasteiger partial charge in [0.2, 0.25) is 0 Å². The summed E-state index contributed by atoms with van der Waals surface area (Å²) in [5.74, 6) is 1.56. The second-order valence-corrected chi connectivity index (χ2v) is 5.41. The van der Waals surface area contributed by atoms with Gasteiger partial charge in [-0.05, 0) is 36.8 Å². The smallest absolute Gasteiger partial charge is 0.189 e. The van der Waals surface area contributed by atoms with Crippen molar-refractivity contribution in [3.63, 3.8) is 0 Å². The van der Waals surface area contributed by atoms with Crippen LogP contribution in [0.5, 0.6) is 11.5 Å². The van der Waals surface area contributed by atoms with Crippen LogP contribution in [-0.4, -0.2) is 6.79 Å². The Balaban J connectivity index is 1.85. The highest BCUT2D eigenvalue weighted by molar-refractivity contribution is 6.30. The number of fused-ring (bicyclic) bond motifs is 1. The van der Waals surface area contributed by atoms with Gasteiger partial charge in [0.15, 0.2) is 6.79 Å². The van der Waals surface area contributed by atoms with Crippen molar-refractivity contribution in [3.05, 3.63) is 52.0 Å². The predicted octanol–water partition coefficient (Wildman–Crippen LogP) is 3.68. The number of benzene rings is 2. The van der Waals surface area contributed by atoms with Crippen LogP contribution in [0.4, 0.5) is 5.69 Å². The van der Waals surface area contributed by atoms with Gasteiger partial charge in [-0.25, -0.2) is 0 Å². The zero-order valence-electron chi connectivity index (χ0n) is 11.7. The maximum Gasteiger partial charge on any atom is 0.189 e. The van der Waals surface area contributed by atoms with Crippen LogP contribution in [0, 0.1) is 6.92 Å². The summed E-state index contributed by atoms with van der Waals surface area (Å²) in [6.07, 6.45) is 0. The molecule has 2 N–H and O–H groups in total. The molecule has 1 aliphatic heterocycles. The van der Waals surface area contributed by atoms with Crippen molar-refractivity contribution in [1.29, 1.82) is 0 Å². The van der Waals surface area contributed by atoms with Crippen LogP contribution in [0.3, 0.4) is 0 Å². The minimum absolute atomic E-state index is 0.250. The Bertz CT molecular complexity index is 673. The van der Waals surface area contributed by atoms with Gasteiger partial charge >= 0.3 is 0 Å². The van der Waals surface area contributed by atoms with E-state index in [1.807, 2.05) is 31.2 Å². The first-order chi connectivity index (χ1) is 10.1. The molecule has 2 aromatic carbocycles. The first kappa shape index (κ1) is 14.0. The molecule has 1 heterocycles. The van der Waals surface area contributed by atoms with Crippen LogP contribution >= 0.6 is 11.6 Å². The lowest BCUT2D eigenvalue weighted by Crippen LogP contribution is -2.14. The lowest BCUT2D eigenvalue weighted by molar-refractivity contribution is -0.0175. The normalized spacial score (nSPS) is 13.4. The Hall–Kier alpha value is -1.91. The third-order valence-corrected chi connectivity index (χ3v) is 3.58. The summed E-state index contributed by atoms with van der Waals surface area (Å²) in [5, 5.41) is 0.648. The van der Waals surface area contributed by atoms with Crippen molar-refractivity contribution in [2.75, 3.05) is 12.5 Å². The largest absolute Gasteiger partial charge is 0.488 e. The molecule has 0 amide bonds. The van der Waals surface area contributed by atoms with E-state index >= 15 is 0 Å². The van der Waals surface area contributed by atoms with Crippen molar-refractivity contribution in [3.8, 4) is 11.5 Å². The van der Waals surface area contributed by atoms with Crippen LogP contribution < -0.4 is 15.2 Å². The number of ether oxygens (including phenoxy) is 3. The fraction of sp³-hybridized carbons (Fsp3) is 0.250. The van der Waals surface area contributed by atoms with E-state index in [-0.39, 0.29) is 6.79 Å². The van der Waals surface area contributed by atoms with Crippen LogP contribution in [0.15, 0.2) is 30.3 Å². The quantitative estimate of drug-likeness (QED) is 0.879. The summed E-state index contributed by atoms with van der Waals surface area (Å²) >= 11 is 6.00. The molecule has 0 aliphatic carbocycles. The van der Waals surface area contributed by atoms with Gasteiger partial charge in [0, 0.05) is 21.8 Å². The summed E-state index contributed by atoms with van der Waals surface area (Å²) in [5.41, 5.74) is 9.47. The van der Waals surface area contributed by atoms with E-state index in [1.165, 1.54) is 0 Å². The molecular weight excluding hydrogens is 290 g/mol. The zero-order valence-corrected chi connectivity index (χ0v) is 12.4. The fourth-order valence-electron chi connectivity index (χ4n) is 2.32. The molecule has 3 rings (SSSR count). The average molecular weight is 306 g/mol. The summed E-state index contributed by atoms with van der Waals surface area (Å²) in [4.78, 5) is 0. The molecule has 0 aromatic heterocycles. The Kier molecular flexibility index (Phi) is 3.90. The lowest BCUT2D eigenvalue weighted by Gasteiger charge is -2.21. The second-order valence-electron chi connectivity index (χ2n) is 4.98. The third-order valence-electron chi connectivity index (χ3n) is 3.34. The molecule has 0 atom stereocenters. The molecule has 4 nitrogen and oxygen atoms in total. The van der Waals surface area contributed by atoms with Crippen LogP contribution in [-0.2, 0) is 18.0 Å². The van der Waals surface area contributed by atoms with E-state index in [0.717, 1.165) is 28.2 Å². The Morgan fingerprint density at radius 3 is 3.00 bits per heavy atom. The van der Waals surface area contributed by atoms with Gasteiger partial charge in [-0.15, -0.1) is 0 Å². The van der Waals surface area contributed by atoms with Gasteiger partial charge in [-0.3, -0.25) is 0 Å². The molecule has 0 spiro atoms. The summed E-state index contributed by atoms with van der Waals surface area (Å²) in [6, 6.07) is 9.30. The minimum atomic E-state index is 0.250. The summed E-state index contributed by atoms with van der Waals surface area (Å²) in [7, 11) is 0. The van der Waals surface area contributed by atoms with E-state index < -0.39 is 0 Å². The maximum atomic E-state index is 6.00. The molecule has 5 heteroatoms. The van der Waals surface area contributed by atoms with Crippen LogP contribution in [0.1, 0.15) is 16.7 Å². The third kappa shape index (κ3) is 3.06. The molecular formula is C16H16ClNO3. The van der Waals surface area contributed by atoms with Gasteiger partial charge in [0.1, 0.15) is 18.1 Å². The number of anilines is 1. The number of halogens is 1. The first-order valence-electron chi connectivity index (χ1n) is 6.64. The predicted molar refractivity (Wildman–Crippen MR) is 81.7 cm³/mol. The molecule has 0 saturated heterocycles. The van der Waals surface area contributed by atoms with Crippen LogP contribution in [0.2, 0.25) is 5.02 Å². The molecule has 0 saturated carbocycles. The molecule has 0 unspecified atom stereocenters. The number of hydrogen-bond acceptors (Lipinski definition) is 4. The van der Waals surface area contributed by atoms with Crippen molar-refractivity contribution in [1.82, 2.24) is 0 Å². The Morgan fingerprint density at radius 2 is 2.14 bits per heavy atom. The molecule has 0 fully saturated rings. The van der Waals surface area contributed by atoms with E-state index in [4.69, 9.17) is 31.5 Å². The monoisotopic (exact) mass is 305 g/mol. The molecule has 2 aromatic rings. The van der Waals surface area contributed by atoms with E-state index in [9.17, 15) is 0 Å². The zero-order chi connectivity index (χ0) is 14.8. The molecule has 0 bridgehead atoms. The standard InChI is InChI=1S/C16H16ClNO3/c1-10-2-3-13(17)6-15(10)20-8-12-5-14(18)4-11-7-19-9-21-16(11)12/h2-6H,7-9,18H2,1H3. The maximum absolute atomic E-state index is 6.00. The highest BCUT2D eigenvalue weighted by Crippen LogP contribution is 2.32. The van der Waals surface area contributed by atoms with Crippen molar-refractivity contribution >= 4 is 17.3 Å². The van der Waals surface area contributed by atoms with Gasteiger partial charge in [-0.2, -0.15) is 0 Å². The Morgan fingerprint density at radius 1 is 1.29 bits per heavy atom.